The maximum atomic E-state index is 13.7. The minimum Gasteiger partial charge on any atom is -0.396 e. The van der Waals surface area contributed by atoms with E-state index in [1.54, 1.807) is 30.3 Å². The third kappa shape index (κ3) is 2.10. The second kappa shape index (κ2) is 4.98. The monoisotopic (exact) mass is 245 g/mol. The molecule has 3 nitrogen and oxygen atoms in total. The molecule has 92 valence electrons. The fraction of sp³-hybridized carbons (Fsp3) is 0.0714. The smallest absolute Gasteiger partial charge is 0.195 e. The van der Waals surface area contributed by atoms with E-state index in [0.717, 1.165) is 0 Å². The minimum atomic E-state index is -0.737. The van der Waals surface area contributed by atoms with E-state index in [4.69, 9.17) is 10.8 Å². The van der Waals surface area contributed by atoms with Gasteiger partial charge in [0.25, 0.3) is 0 Å². The zero-order valence-electron chi connectivity index (χ0n) is 9.56. The van der Waals surface area contributed by atoms with Crippen LogP contribution in [0.1, 0.15) is 21.5 Å². The third-order valence-electron chi connectivity index (χ3n) is 2.71. The first-order valence-corrected chi connectivity index (χ1v) is 5.42. The van der Waals surface area contributed by atoms with Gasteiger partial charge < -0.3 is 10.8 Å². The second-order valence-corrected chi connectivity index (χ2v) is 3.85. The molecule has 0 aliphatic rings. The fourth-order valence-electron chi connectivity index (χ4n) is 1.70. The Morgan fingerprint density at radius 1 is 1.17 bits per heavy atom. The lowest BCUT2D eigenvalue weighted by Crippen LogP contribution is -2.08. The summed E-state index contributed by atoms with van der Waals surface area (Å²) in [6.45, 7) is -0.449. The largest absolute Gasteiger partial charge is 0.396 e. The van der Waals surface area contributed by atoms with E-state index in [1.165, 1.54) is 12.1 Å². The quantitative estimate of drug-likeness (QED) is 0.643. The molecule has 0 saturated carbocycles. The maximum Gasteiger partial charge on any atom is 0.195 e. The van der Waals surface area contributed by atoms with Crippen molar-refractivity contribution < 1.29 is 14.3 Å². The number of rotatable bonds is 3. The van der Waals surface area contributed by atoms with Gasteiger partial charge in [0.1, 0.15) is 0 Å². The van der Waals surface area contributed by atoms with Gasteiger partial charge in [0.15, 0.2) is 11.6 Å². The van der Waals surface area contributed by atoms with E-state index in [9.17, 15) is 9.18 Å². The van der Waals surface area contributed by atoms with Crippen molar-refractivity contribution in [1.82, 2.24) is 0 Å². The van der Waals surface area contributed by atoms with Crippen LogP contribution in [-0.4, -0.2) is 10.9 Å². The molecule has 0 aliphatic carbocycles. The molecule has 0 unspecified atom stereocenters. The van der Waals surface area contributed by atoms with E-state index in [1.807, 2.05) is 0 Å². The lowest BCUT2D eigenvalue weighted by atomic mass is 10.00. The zero-order chi connectivity index (χ0) is 13.1. The number of hydrogen-bond acceptors (Lipinski definition) is 3. The molecule has 0 heterocycles. The van der Waals surface area contributed by atoms with Gasteiger partial charge in [-0.2, -0.15) is 0 Å². The zero-order valence-corrected chi connectivity index (χ0v) is 9.56. The molecule has 0 atom stereocenters. The number of nitrogen functional groups attached to an aromatic ring is 1. The highest BCUT2D eigenvalue weighted by Crippen LogP contribution is 2.22. The highest BCUT2D eigenvalue weighted by atomic mass is 19.1. The predicted octanol–water partition coefficient (Wildman–Crippen LogP) is 2.13. The third-order valence-corrected chi connectivity index (χ3v) is 2.71. The minimum absolute atomic E-state index is 0.0807. The number of nitrogens with two attached hydrogens (primary N) is 1. The average molecular weight is 245 g/mol. The van der Waals surface area contributed by atoms with Gasteiger partial charge in [-0.15, -0.1) is 0 Å². The molecule has 0 radical (unpaired) electrons. The van der Waals surface area contributed by atoms with Gasteiger partial charge in [-0.3, -0.25) is 4.79 Å². The molecule has 4 heteroatoms. The van der Waals surface area contributed by atoms with Crippen LogP contribution in [0.5, 0.6) is 0 Å². The Kier molecular flexibility index (Phi) is 3.39. The summed E-state index contributed by atoms with van der Waals surface area (Å²) in [7, 11) is 0. The molecule has 0 bridgehead atoms. The van der Waals surface area contributed by atoms with Crippen molar-refractivity contribution in [3.05, 3.63) is 65.0 Å². The van der Waals surface area contributed by atoms with Gasteiger partial charge in [0.2, 0.25) is 0 Å². The first-order valence-electron chi connectivity index (χ1n) is 5.42. The van der Waals surface area contributed by atoms with Crippen molar-refractivity contribution in [3.63, 3.8) is 0 Å². The van der Waals surface area contributed by atoms with E-state index in [-0.39, 0.29) is 22.6 Å². The molecule has 0 spiro atoms. The predicted molar refractivity (Wildman–Crippen MR) is 66.6 cm³/mol. The Labute approximate surface area is 104 Å². The van der Waals surface area contributed by atoms with Crippen LogP contribution in [0.4, 0.5) is 10.1 Å². The molecular weight excluding hydrogens is 233 g/mol. The summed E-state index contributed by atoms with van der Waals surface area (Å²) in [6.07, 6.45) is 0. The van der Waals surface area contributed by atoms with Gasteiger partial charge in [0, 0.05) is 16.7 Å². The summed E-state index contributed by atoms with van der Waals surface area (Å²) in [5.74, 6) is -1.07. The molecule has 0 fully saturated rings. The van der Waals surface area contributed by atoms with Crippen molar-refractivity contribution in [2.75, 3.05) is 5.73 Å². The highest BCUT2D eigenvalue weighted by Gasteiger charge is 2.16. The normalized spacial score (nSPS) is 10.3. The summed E-state index contributed by atoms with van der Waals surface area (Å²) in [5, 5.41) is 8.91. The molecule has 3 N–H and O–H groups in total. The number of aliphatic hydroxyl groups is 1. The Balaban J connectivity index is 2.47. The summed E-state index contributed by atoms with van der Waals surface area (Å²) in [4.78, 5) is 12.1. The van der Waals surface area contributed by atoms with Crippen LogP contribution in [0.3, 0.4) is 0 Å². The van der Waals surface area contributed by atoms with Crippen LogP contribution in [0.25, 0.3) is 0 Å². The standard InChI is InChI=1S/C14H12FNO2/c15-12-10(8-17)6-7-11(13(12)16)14(18)9-4-2-1-3-5-9/h1-7,17H,8,16H2. The molecule has 2 aromatic carbocycles. The SMILES string of the molecule is Nc1c(C(=O)c2ccccc2)ccc(CO)c1F. The Hall–Kier alpha value is -2.20. The Morgan fingerprint density at radius 2 is 1.83 bits per heavy atom. The lowest BCUT2D eigenvalue weighted by molar-refractivity contribution is 0.103. The van der Waals surface area contributed by atoms with Crippen molar-refractivity contribution in [2.24, 2.45) is 0 Å². The van der Waals surface area contributed by atoms with Crippen molar-refractivity contribution in [1.29, 1.82) is 0 Å². The van der Waals surface area contributed by atoms with E-state index >= 15 is 0 Å². The number of aliphatic hydroxyl groups excluding tert-OH is 1. The number of ketones is 1. The molecule has 0 aromatic heterocycles. The first kappa shape index (κ1) is 12.3. The molecule has 0 amide bonds. The topological polar surface area (TPSA) is 63.3 Å². The van der Waals surface area contributed by atoms with E-state index in [0.29, 0.717) is 5.56 Å². The van der Waals surface area contributed by atoms with Gasteiger partial charge in [-0.1, -0.05) is 36.4 Å². The van der Waals surface area contributed by atoms with E-state index < -0.39 is 12.4 Å². The van der Waals surface area contributed by atoms with Crippen LogP contribution in [0, 0.1) is 5.82 Å². The number of carbonyl (C=O) groups is 1. The van der Waals surface area contributed by atoms with Crippen LogP contribution in [0.15, 0.2) is 42.5 Å². The van der Waals surface area contributed by atoms with Crippen molar-refractivity contribution in [2.45, 2.75) is 6.61 Å². The molecular formula is C14H12FNO2. The van der Waals surface area contributed by atoms with Crippen molar-refractivity contribution in [3.8, 4) is 0 Å². The van der Waals surface area contributed by atoms with E-state index in [2.05, 4.69) is 0 Å². The van der Waals surface area contributed by atoms with Gasteiger partial charge >= 0.3 is 0 Å². The summed E-state index contributed by atoms with van der Waals surface area (Å²) in [5.41, 5.74) is 6.00. The summed E-state index contributed by atoms with van der Waals surface area (Å²) < 4.78 is 13.7. The average Bonchev–Trinajstić information content (AvgIpc) is 2.42. The summed E-state index contributed by atoms with van der Waals surface area (Å²) in [6, 6.07) is 11.3. The number of hydrogen-bond donors (Lipinski definition) is 2. The van der Waals surface area contributed by atoms with Crippen LogP contribution < -0.4 is 5.73 Å². The maximum absolute atomic E-state index is 13.7. The lowest BCUT2D eigenvalue weighted by Gasteiger charge is -2.08. The number of anilines is 1. The Bertz CT molecular complexity index is 582. The van der Waals surface area contributed by atoms with Crippen molar-refractivity contribution >= 4 is 11.5 Å². The van der Waals surface area contributed by atoms with Crippen LogP contribution >= 0.6 is 0 Å². The molecule has 2 aromatic rings. The van der Waals surface area contributed by atoms with Crippen LogP contribution in [0.2, 0.25) is 0 Å². The number of halogens is 1. The molecule has 0 saturated heterocycles. The molecule has 0 aliphatic heterocycles. The summed E-state index contributed by atoms with van der Waals surface area (Å²) >= 11 is 0. The van der Waals surface area contributed by atoms with Gasteiger partial charge in [-0.25, -0.2) is 4.39 Å². The fourth-order valence-corrected chi connectivity index (χ4v) is 1.70. The Morgan fingerprint density at radius 3 is 2.44 bits per heavy atom. The number of carbonyl (C=O) groups excluding carboxylic acids is 1. The van der Waals surface area contributed by atoms with Crippen LogP contribution in [-0.2, 0) is 6.61 Å². The second-order valence-electron chi connectivity index (χ2n) is 3.85. The highest BCUT2D eigenvalue weighted by molar-refractivity contribution is 6.12. The molecule has 18 heavy (non-hydrogen) atoms. The van der Waals surface area contributed by atoms with Gasteiger partial charge in [-0.05, 0) is 6.07 Å². The number of benzene rings is 2. The van der Waals surface area contributed by atoms with Gasteiger partial charge in [0.05, 0.1) is 12.3 Å². The molecule has 2 rings (SSSR count). The first-order chi connectivity index (χ1) is 8.65.